The first-order valence-electron chi connectivity index (χ1n) is 15.1. The number of esters is 1. The van der Waals surface area contributed by atoms with Crippen molar-refractivity contribution in [3.05, 3.63) is 24.3 Å². The molecule has 0 aromatic heterocycles. The van der Waals surface area contributed by atoms with E-state index < -0.39 is 0 Å². The maximum absolute atomic E-state index is 11.9. The first-order valence-corrected chi connectivity index (χ1v) is 15.1. The summed E-state index contributed by atoms with van der Waals surface area (Å²) in [6, 6.07) is 0. The molecule has 0 heterocycles. The lowest BCUT2D eigenvalue weighted by Crippen LogP contribution is -2.20. The lowest BCUT2D eigenvalue weighted by Gasteiger charge is -2.17. The lowest BCUT2D eigenvalue weighted by molar-refractivity contribution is -0.150. The molecule has 6 nitrogen and oxygen atoms in total. The van der Waals surface area contributed by atoms with Crippen molar-refractivity contribution in [2.75, 3.05) is 40.2 Å². The van der Waals surface area contributed by atoms with Crippen molar-refractivity contribution in [2.45, 2.75) is 129 Å². The number of allylic oxidation sites excluding steroid dienone is 4. The van der Waals surface area contributed by atoms with Gasteiger partial charge in [-0.25, -0.2) is 0 Å². The Morgan fingerprint density at radius 2 is 1.41 bits per heavy atom. The first-order chi connectivity index (χ1) is 18.2. The zero-order chi connectivity index (χ0) is 27.1. The van der Waals surface area contributed by atoms with Crippen LogP contribution in [0.25, 0.3) is 0 Å². The summed E-state index contributed by atoms with van der Waals surface area (Å²) in [7, 11) is 1.87. The Morgan fingerprint density at radius 1 is 0.784 bits per heavy atom. The van der Waals surface area contributed by atoms with Crippen LogP contribution in [0.3, 0.4) is 0 Å². The van der Waals surface area contributed by atoms with Crippen LogP contribution in [0.4, 0.5) is 0 Å². The molecular weight excluding hydrogens is 466 g/mol. The molecule has 0 saturated carbocycles. The number of unbranched alkanes of at least 4 members (excludes halogenated alkanes) is 9. The van der Waals surface area contributed by atoms with Crippen LogP contribution in [0.5, 0.6) is 0 Å². The molecule has 0 fully saturated rings. The number of hydrogen-bond donors (Lipinski definition) is 2. The predicted octanol–water partition coefficient (Wildman–Crippen LogP) is 7.25. The van der Waals surface area contributed by atoms with E-state index in [1.165, 1.54) is 64.2 Å². The summed E-state index contributed by atoms with van der Waals surface area (Å²) in [6.07, 6.45) is 28.2. The maximum atomic E-state index is 11.9. The second-order valence-corrected chi connectivity index (χ2v) is 9.85. The third-order valence-corrected chi connectivity index (χ3v) is 6.26. The highest BCUT2D eigenvalue weighted by atomic mass is 16.7. The molecule has 2 N–H and O–H groups in total. The second kappa shape index (κ2) is 31.0. The zero-order valence-corrected chi connectivity index (χ0v) is 24.2. The largest absolute Gasteiger partial charge is 0.462 e. The Kier molecular flexibility index (Phi) is 30.0. The third kappa shape index (κ3) is 29.2. The van der Waals surface area contributed by atoms with Gasteiger partial charge in [0.05, 0.1) is 0 Å². The Morgan fingerprint density at radius 3 is 2.08 bits per heavy atom. The van der Waals surface area contributed by atoms with Crippen LogP contribution in [0.15, 0.2) is 24.3 Å². The van der Waals surface area contributed by atoms with Gasteiger partial charge in [0.2, 0.25) is 0 Å². The van der Waals surface area contributed by atoms with Gasteiger partial charge in [0.25, 0.3) is 0 Å². The van der Waals surface area contributed by atoms with Gasteiger partial charge in [0.1, 0.15) is 12.9 Å². The highest BCUT2D eigenvalue weighted by Gasteiger charge is 2.14. The van der Waals surface area contributed by atoms with Crippen molar-refractivity contribution < 1.29 is 24.1 Å². The smallest absolute Gasteiger partial charge is 0.306 e. The minimum atomic E-state index is -0.157. The fraction of sp³-hybridized carbons (Fsp3) is 0.839. The summed E-state index contributed by atoms with van der Waals surface area (Å²) in [6.45, 7) is 4.84. The van der Waals surface area contributed by atoms with Gasteiger partial charge in [0.15, 0.2) is 0 Å². The van der Waals surface area contributed by atoms with Gasteiger partial charge in [0, 0.05) is 26.2 Å². The maximum Gasteiger partial charge on any atom is 0.306 e. The molecule has 0 aliphatic rings. The van der Waals surface area contributed by atoms with Gasteiger partial charge < -0.3 is 24.6 Å². The molecule has 0 aromatic rings. The number of aliphatic hydroxyl groups excluding tert-OH is 1. The number of carbonyl (C=O) groups excluding carboxylic acids is 1. The minimum absolute atomic E-state index is 0.118. The molecule has 0 bridgehead atoms. The third-order valence-electron chi connectivity index (χ3n) is 6.26. The summed E-state index contributed by atoms with van der Waals surface area (Å²) >= 11 is 0. The van der Waals surface area contributed by atoms with Crippen LogP contribution in [0.2, 0.25) is 0 Å². The molecule has 37 heavy (non-hydrogen) atoms. The van der Waals surface area contributed by atoms with Crippen molar-refractivity contribution in [2.24, 2.45) is 0 Å². The molecule has 0 amide bonds. The first kappa shape index (κ1) is 35.8. The standard InChI is InChI=1S/C31H59NO5/c1-3-4-5-6-7-8-9-10-11-12-13-14-15-16-17-18-27-35-29-36-28-21-23-30(22-20-26-33)37-31(34)24-19-25-32-2/h7-8,10-11,30,32-33H,3-6,9,12-29H2,1-2H3/b8-7-,11-10-. The summed E-state index contributed by atoms with van der Waals surface area (Å²) in [5.74, 6) is -0.157. The summed E-state index contributed by atoms with van der Waals surface area (Å²) in [5.41, 5.74) is 0. The van der Waals surface area contributed by atoms with Crippen LogP contribution in [-0.2, 0) is 19.0 Å². The minimum Gasteiger partial charge on any atom is -0.462 e. The van der Waals surface area contributed by atoms with E-state index >= 15 is 0 Å². The number of aliphatic hydroxyl groups is 1. The Bertz CT molecular complexity index is 524. The zero-order valence-electron chi connectivity index (χ0n) is 24.2. The summed E-state index contributed by atoms with van der Waals surface area (Å²) in [5, 5.41) is 12.1. The van der Waals surface area contributed by atoms with E-state index in [0.29, 0.717) is 32.7 Å². The van der Waals surface area contributed by atoms with Crippen LogP contribution >= 0.6 is 0 Å². The number of hydrogen-bond acceptors (Lipinski definition) is 6. The second-order valence-electron chi connectivity index (χ2n) is 9.85. The molecule has 0 spiro atoms. The Hall–Kier alpha value is -1.21. The number of rotatable bonds is 29. The van der Waals surface area contributed by atoms with E-state index in [4.69, 9.17) is 19.3 Å². The van der Waals surface area contributed by atoms with E-state index in [2.05, 4.69) is 36.5 Å². The van der Waals surface area contributed by atoms with Gasteiger partial charge in [-0.2, -0.15) is 0 Å². The molecule has 1 unspecified atom stereocenters. The van der Waals surface area contributed by atoms with E-state index in [1.54, 1.807) is 0 Å². The van der Waals surface area contributed by atoms with Crippen LogP contribution in [0.1, 0.15) is 122 Å². The van der Waals surface area contributed by atoms with Crippen LogP contribution in [-0.4, -0.2) is 57.4 Å². The SMILES string of the molecule is CCCCC/C=C\C/C=C\CCCCCCCCOCOCCCC(CCCO)OC(=O)CCCNC. The topological polar surface area (TPSA) is 77.0 Å². The van der Waals surface area contributed by atoms with Gasteiger partial charge in [-0.3, -0.25) is 4.79 Å². The Balaban J connectivity index is 3.48. The molecule has 0 rings (SSSR count). The number of nitrogens with one attached hydrogen (secondary N) is 1. The van der Waals surface area contributed by atoms with E-state index in [9.17, 15) is 4.79 Å². The highest BCUT2D eigenvalue weighted by molar-refractivity contribution is 5.69. The van der Waals surface area contributed by atoms with Gasteiger partial charge in [-0.15, -0.1) is 0 Å². The molecule has 0 aromatic carbocycles. The Labute approximate surface area is 228 Å². The monoisotopic (exact) mass is 525 g/mol. The molecule has 0 saturated heterocycles. The fourth-order valence-corrected chi connectivity index (χ4v) is 4.02. The average Bonchev–Trinajstić information content (AvgIpc) is 2.90. The predicted molar refractivity (Wildman–Crippen MR) is 155 cm³/mol. The lowest BCUT2D eigenvalue weighted by atomic mass is 10.1. The van der Waals surface area contributed by atoms with Crippen LogP contribution < -0.4 is 5.32 Å². The van der Waals surface area contributed by atoms with E-state index in [1.807, 2.05) is 7.05 Å². The molecule has 0 radical (unpaired) electrons. The highest BCUT2D eigenvalue weighted by Crippen LogP contribution is 2.12. The molecular formula is C31H59NO5. The average molecular weight is 526 g/mol. The molecule has 0 aliphatic carbocycles. The summed E-state index contributed by atoms with van der Waals surface area (Å²) < 4.78 is 16.7. The van der Waals surface area contributed by atoms with Crippen LogP contribution in [0, 0.1) is 0 Å². The number of carbonyl (C=O) groups is 1. The van der Waals surface area contributed by atoms with Crippen molar-refractivity contribution in [1.82, 2.24) is 5.32 Å². The quantitative estimate of drug-likeness (QED) is 0.0463. The van der Waals surface area contributed by atoms with E-state index in [-0.39, 0.29) is 18.7 Å². The number of ether oxygens (including phenoxy) is 3. The molecule has 0 aliphatic heterocycles. The molecule has 218 valence electrons. The van der Waals surface area contributed by atoms with Crippen molar-refractivity contribution in [3.63, 3.8) is 0 Å². The van der Waals surface area contributed by atoms with Crippen molar-refractivity contribution in [1.29, 1.82) is 0 Å². The molecule has 1 atom stereocenters. The van der Waals surface area contributed by atoms with E-state index in [0.717, 1.165) is 45.3 Å². The summed E-state index contributed by atoms with van der Waals surface area (Å²) in [4.78, 5) is 11.9. The molecule has 6 heteroatoms. The normalized spacial score (nSPS) is 12.6. The fourth-order valence-electron chi connectivity index (χ4n) is 4.02. The van der Waals surface area contributed by atoms with Gasteiger partial charge in [-0.05, 0) is 84.2 Å². The van der Waals surface area contributed by atoms with Crippen molar-refractivity contribution >= 4 is 5.97 Å². The van der Waals surface area contributed by atoms with Gasteiger partial charge in [-0.1, -0.05) is 69.8 Å². The van der Waals surface area contributed by atoms with Crippen molar-refractivity contribution in [3.8, 4) is 0 Å². The van der Waals surface area contributed by atoms with Gasteiger partial charge >= 0.3 is 5.97 Å².